The Kier molecular flexibility index (Phi) is 5.48. The van der Waals surface area contributed by atoms with Gasteiger partial charge in [-0.2, -0.15) is 5.26 Å². The topological polar surface area (TPSA) is 58.8 Å². The summed E-state index contributed by atoms with van der Waals surface area (Å²) in [5.74, 6) is 1.29. The molecule has 0 aliphatic heterocycles. The summed E-state index contributed by atoms with van der Waals surface area (Å²) in [6, 6.07) is 9.27. The summed E-state index contributed by atoms with van der Waals surface area (Å²) in [6.07, 6.45) is 9.49. The second-order valence-corrected chi connectivity index (χ2v) is 4.45. The highest BCUT2D eigenvalue weighted by atomic mass is 16.5. The molecule has 0 aliphatic carbocycles. The van der Waals surface area contributed by atoms with Crippen LogP contribution in [0.2, 0.25) is 0 Å². The fourth-order valence-corrected chi connectivity index (χ4v) is 1.76. The van der Waals surface area contributed by atoms with Crippen molar-refractivity contribution in [3.05, 3.63) is 54.4 Å². The molecular formula is C17H17N3O. The van der Waals surface area contributed by atoms with Crippen molar-refractivity contribution < 1.29 is 4.74 Å². The zero-order valence-electron chi connectivity index (χ0n) is 12.0. The first-order chi connectivity index (χ1) is 10.3. The van der Waals surface area contributed by atoms with E-state index in [0.717, 1.165) is 18.4 Å². The zero-order chi connectivity index (χ0) is 14.9. The maximum absolute atomic E-state index is 8.77. The molecule has 1 heterocycles. The first-order valence-corrected chi connectivity index (χ1v) is 6.94. The lowest BCUT2D eigenvalue weighted by molar-refractivity contribution is 0.322. The van der Waals surface area contributed by atoms with Crippen LogP contribution in [0.15, 0.2) is 48.8 Å². The molecule has 21 heavy (non-hydrogen) atoms. The van der Waals surface area contributed by atoms with E-state index < -0.39 is 0 Å². The summed E-state index contributed by atoms with van der Waals surface area (Å²) >= 11 is 0. The second kappa shape index (κ2) is 7.81. The minimum absolute atomic E-state index is 0.621. The quantitative estimate of drug-likeness (QED) is 0.597. The predicted molar refractivity (Wildman–Crippen MR) is 81.7 cm³/mol. The summed E-state index contributed by atoms with van der Waals surface area (Å²) in [4.78, 5) is 8.56. The van der Waals surface area contributed by atoms with E-state index >= 15 is 0 Å². The van der Waals surface area contributed by atoms with Gasteiger partial charge >= 0.3 is 0 Å². The number of benzene rings is 1. The van der Waals surface area contributed by atoms with Crippen molar-refractivity contribution in [1.82, 2.24) is 9.97 Å². The van der Waals surface area contributed by atoms with Gasteiger partial charge in [0.1, 0.15) is 0 Å². The zero-order valence-corrected chi connectivity index (χ0v) is 12.0. The van der Waals surface area contributed by atoms with Gasteiger partial charge < -0.3 is 4.74 Å². The van der Waals surface area contributed by atoms with Crippen LogP contribution < -0.4 is 4.74 Å². The van der Waals surface area contributed by atoms with E-state index in [2.05, 4.69) is 35.1 Å². The lowest BCUT2D eigenvalue weighted by Gasteiger charge is -2.05. The molecule has 0 atom stereocenters. The lowest BCUT2D eigenvalue weighted by Crippen LogP contribution is -1.97. The summed E-state index contributed by atoms with van der Waals surface area (Å²) in [6.45, 7) is 2.73. The third kappa shape index (κ3) is 4.43. The number of rotatable bonds is 6. The van der Waals surface area contributed by atoms with Crippen LogP contribution in [0.1, 0.15) is 25.3 Å². The van der Waals surface area contributed by atoms with E-state index in [1.165, 1.54) is 0 Å². The maximum atomic E-state index is 8.77. The average Bonchev–Trinajstić information content (AvgIpc) is 2.55. The highest BCUT2D eigenvalue weighted by Crippen LogP contribution is 2.17. The summed E-state index contributed by atoms with van der Waals surface area (Å²) in [5.41, 5.74) is 1.50. The third-order valence-corrected chi connectivity index (χ3v) is 2.86. The molecule has 0 N–H and O–H groups in total. The van der Waals surface area contributed by atoms with E-state index in [4.69, 9.17) is 10.00 Å². The molecule has 0 radical (unpaired) electrons. The summed E-state index contributed by atoms with van der Waals surface area (Å²) in [5, 5.41) is 8.77. The monoisotopic (exact) mass is 279 g/mol. The number of allylic oxidation sites excluding steroid dienone is 1. The molecule has 0 unspecified atom stereocenters. The Labute approximate surface area is 124 Å². The van der Waals surface area contributed by atoms with Gasteiger partial charge in [0.2, 0.25) is 0 Å². The van der Waals surface area contributed by atoms with E-state index in [-0.39, 0.29) is 0 Å². The van der Waals surface area contributed by atoms with Crippen LogP contribution in [0, 0.1) is 11.3 Å². The Bertz CT molecular complexity index is 625. The predicted octanol–water partition coefficient (Wildman–Crippen LogP) is 3.75. The van der Waals surface area contributed by atoms with Crippen LogP contribution in [0.25, 0.3) is 11.4 Å². The van der Waals surface area contributed by atoms with Crippen molar-refractivity contribution in [2.24, 2.45) is 0 Å². The minimum atomic E-state index is 0.621. The van der Waals surface area contributed by atoms with Gasteiger partial charge in [-0.3, -0.25) is 0 Å². The SMILES string of the molecule is CC/C=C\CCOc1cnc(-c2ccc(C#N)cc2)nc1. The molecule has 0 spiro atoms. The van der Waals surface area contributed by atoms with Gasteiger partial charge in [-0.1, -0.05) is 19.1 Å². The van der Waals surface area contributed by atoms with Crippen LogP contribution in [0.3, 0.4) is 0 Å². The van der Waals surface area contributed by atoms with Crippen molar-refractivity contribution in [1.29, 1.82) is 5.26 Å². The van der Waals surface area contributed by atoms with Gasteiger partial charge in [0.05, 0.1) is 30.6 Å². The van der Waals surface area contributed by atoms with Crippen LogP contribution in [0.4, 0.5) is 0 Å². The minimum Gasteiger partial charge on any atom is -0.490 e. The maximum Gasteiger partial charge on any atom is 0.159 e. The van der Waals surface area contributed by atoms with Crippen LogP contribution >= 0.6 is 0 Å². The van der Waals surface area contributed by atoms with Crippen molar-refractivity contribution in [3.63, 3.8) is 0 Å². The van der Waals surface area contributed by atoms with Gasteiger partial charge in [-0.25, -0.2) is 9.97 Å². The smallest absolute Gasteiger partial charge is 0.159 e. The first-order valence-electron chi connectivity index (χ1n) is 6.94. The first kappa shape index (κ1) is 14.7. The highest BCUT2D eigenvalue weighted by Gasteiger charge is 2.02. The Hall–Kier alpha value is -2.67. The average molecular weight is 279 g/mol. The number of nitriles is 1. The number of nitrogens with zero attached hydrogens (tertiary/aromatic N) is 3. The van der Waals surface area contributed by atoms with Gasteiger partial charge in [0.25, 0.3) is 0 Å². The molecule has 1 aromatic carbocycles. The van der Waals surface area contributed by atoms with E-state index in [1.807, 2.05) is 12.1 Å². The molecule has 0 saturated heterocycles. The molecular weight excluding hydrogens is 262 g/mol. The van der Waals surface area contributed by atoms with Crippen LogP contribution in [-0.2, 0) is 0 Å². The van der Waals surface area contributed by atoms with E-state index in [0.29, 0.717) is 23.7 Å². The molecule has 0 saturated carbocycles. The Morgan fingerprint density at radius 3 is 2.48 bits per heavy atom. The van der Waals surface area contributed by atoms with Gasteiger partial charge in [0.15, 0.2) is 11.6 Å². The normalized spacial score (nSPS) is 10.5. The van der Waals surface area contributed by atoms with Gasteiger partial charge in [-0.15, -0.1) is 0 Å². The van der Waals surface area contributed by atoms with Crippen LogP contribution in [-0.4, -0.2) is 16.6 Å². The van der Waals surface area contributed by atoms with Crippen LogP contribution in [0.5, 0.6) is 5.75 Å². The highest BCUT2D eigenvalue weighted by molar-refractivity contribution is 5.56. The lowest BCUT2D eigenvalue weighted by atomic mass is 10.1. The Morgan fingerprint density at radius 2 is 1.86 bits per heavy atom. The number of hydrogen-bond donors (Lipinski definition) is 0. The van der Waals surface area contributed by atoms with Crippen molar-refractivity contribution in [3.8, 4) is 23.2 Å². The standard InChI is InChI=1S/C17H17N3O/c1-2-3-4-5-10-21-16-12-19-17(20-13-16)15-8-6-14(11-18)7-9-15/h3-4,6-9,12-13H,2,5,10H2,1H3/b4-3-. The van der Waals surface area contributed by atoms with E-state index in [1.54, 1.807) is 24.5 Å². The van der Waals surface area contributed by atoms with Crippen molar-refractivity contribution in [2.75, 3.05) is 6.61 Å². The number of aromatic nitrogens is 2. The second-order valence-electron chi connectivity index (χ2n) is 4.45. The third-order valence-electron chi connectivity index (χ3n) is 2.86. The van der Waals surface area contributed by atoms with E-state index in [9.17, 15) is 0 Å². The largest absolute Gasteiger partial charge is 0.490 e. The Morgan fingerprint density at radius 1 is 1.14 bits per heavy atom. The molecule has 0 amide bonds. The fourth-order valence-electron chi connectivity index (χ4n) is 1.76. The molecule has 0 fully saturated rings. The molecule has 4 heteroatoms. The molecule has 106 valence electrons. The molecule has 0 aliphatic rings. The fraction of sp³-hybridized carbons (Fsp3) is 0.235. The molecule has 2 aromatic rings. The van der Waals surface area contributed by atoms with Gasteiger partial charge in [-0.05, 0) is 37.1 Å². The molecule has 0 bridgehead atoms. The number of ether oxygens (including phenoxy) is 1. The molecule has 1 aromatic heterocycles. The summed E-state index contributed by atoms with van der Waals surface area (Å²) < 4.78 is 5.56. The molecule has 2 rings (SSSR count). The Balaban J connectivity index is 1.95. The summed E-state index contributed by atoms with van der Waals surface area (Å²) in [7, 11) is 0. The molecule has 4 nitrogen and oxygen atoms in total. The number of hydrogen-bond acceptors (Lipinski definition) is 4. The van der Waals surface area contributed by atoms with Crippen molar-refractivity contribution >= 4 is 0 Å². The van der Waals surface area contributed by atoms with Crippen molar-refractivity contribution in [2.45, 2.75) is 19.8 Å². The van der Waals surface area contributed by atoms with Gasteiger partial charge in [0, 0.05) is 5.56 Å².